The molecule has 0 spiro atoms. The van der Waals surface area contributed by atoms with Crippen LogP contribution in [0.1, 0.15) is 44.6 Å². The second-order valence-corrected chi connectivity index (χ2v) is 6.23. The number of thioether (sulfide) groups is 1. The number of hydrogen-bond acceptors (Lipinski definition) is 4. The molecule has 0 aliphatic rings. The van der Waals surface area contributed by atoms with Crippen LogP contribution >= 0.6 is 11.8 Å². The van der Waals surface area contributed by atoms with E-state index in [-0.39, 0.29) is 5.78 Å². The first-order chi connectivity index (χ1) is 11.0. The third-order valence-electron chi connectivity index (χ3n) is 3.54. The first kappa shape index (κ1) is 17.3. The van der Waals surface area contributed by atoms with E-state index in [9.17, 15) is 9.59 Å². The molecule has 1 aromatic heterocycles. The molecule has 23 heavy (non-hydrogen) atoms. The number of ether oxygens (including phenoxy) is 1. The molecule has 0 radical (unpaired) electrons. The lowest BCUT2D eigenvalue weighted by molar-refractivity contribution is 0.0519. The van der Waals surface area contributed by atoms with Gasteiger partial charge in [0.15, 0.2) is 5.78 Å². The minimum Gasteiger partial charge on any atom is -0.461 e. The van der Waals surface area contributed by atoms with Crippen molar-refractivity contribution in [2.24, 2.45) is 0 Å². The zero-order valence-corrected chi connectivity index (χ0v) is 14.5. The summed E-state index contributed by atoms with van der Waals surface area (Å²) in [5, 5.41) is 0. The molecule has 0 aliphatic carbocycles. The summed E-state index contributed by atoms with van der Waals surface area (Å²) in [4.78, 5) is 27.3. The summed E-state index contributed by atoms with van der Waals surface area (Å²) in [6.07, 6.45) is 0. The zero-order chi connectivity index (χ0) is 16.8. The molecule has 1 aromatic carbocycles. The Morgan fingerprint density at radius 1 is 1.17 bits per heavy atom. The van der Waals surface area contributed by atoms with E-state index < -0.39 is 5.97 Å². The topological polar surface area (TPSA) is 59.2 Å². The molecule has 0 fully saturated rings. The fourth-order valence-corrected chi connectivity index (χ4v) is 3.34. The van der Waals surface area contributed by atoms with Crippen molar-refractivity contribution in [1.82, 2.24) is 4.98 Å². The lowest BCUT2D eigenvalue weighted by Crippen LogP contribution is -2.08. The van der Waals surface area contributed by atoms with Crippen LogP contribution in [0.4, 0.5) is 0 Å². The first-order valence-corrected chi connectivity index (χ1v) is 8.71. The maximum atomic E-state index is 12.5. The number of Topliss-reactive ketones (excluding diaryl/α,β-unsaturated/α-hetero) is 1. The Balaban J connectivity index is 2.03. The Kier molecular flexibility index (Phi) is 6.04. The third-order valence-corrected chi connectivity index (χ3v) is 4.54. The van der Waals surface area contributed by atoms with Crippen LogP contribution in [-0.4, -0.2) is 29.1 Å². The fraction of sp³-hybridized carbons (Fsp3) is 0.333. The summed E-state index contributed by atoms with van der Waals surface area (Å²) in [7, 11) is 0. The molecule has 0 unspecified atom stereocenters. The Morgan fingerprint density at radius 3 is 2.52 bits per heavy atom. The summed E-state index contributed by atoms with van der Waals surface area (Å²) < 4.78 is 5.01. The Bertz CT molecular complexity index is 692. The largest absolute Gasteiger partial charge is 0.461 e. The lowest BCUT2D eigenvalue weighted by Gasteiger charge is -2.04. The number of nitrogens with one attached hydrogen (secondary N) is 1. The highest BCUT2D eigenvalue weighted by Crippen LogP contribution is 2.22. The van der Waals surface area contributed by atoms with Crippen molar-refractivity contribution >= 4 is 23.5 Å². The molecule has 0 amide bonds. The second-order valence-electron chi connectivity index (χ2n) is 5.25. The number of ketones is 1. The molecule has 1 N–H and O–H groups in total. The van der Waals surface area contributed by atoms with Gasteiger partial charge >= 0.3 is 5.97 Å². The van der Waals surface area contributed by atoms with Gasteiger partial charge in [-0.05, 0) is 31.9 Å². The number of hydrogen-bond donors (Lipinski definition) is 1. The molecule has 5 heteroatoms. The maximum Gasteiger partial charge on any atom is 0.355 e. The third kappa shape index (κ3) is 4.26. The lowest BCUT2D eigenvalue weighted by atomic mass is 10.1. The van der Waals surface area contributed by atoms with Gasteiger partial charge in [-0.3, -0.25) is 4.79 Å². The van der Waals surface area contributed by atoms with Crippen LogP contribution in [0.15, 0.2) is 30.3 Å². The number of esters is 1. The number of aromatic amines is 1. The summed E-state index contributed by atoms with van der Waals surface area (Å²) >= 11 is 1.58. The van der Waals surface area contributed by atoms with Crippen molar-refractivity contribution in [2.45, 2.75) is 26.5 Å². The van der Waals surface area contributed by atoms with Crippen molar-refractivity contribution in [1.29, 1.82) is 0 Å². The van der Waals surface area contributed by atoms with Gasteiger partial charge < -0.3 is 9.72 Å². The predicted molar refractivity (Wildman–Crippen MR) is 93.2 cm³/mol. The average Bonchev–Trinajstić information content (AvgIpc) is 2.83. The van der Waals surface area contributed by atoms with Crippen molar-refractivity contribution in [3.63, 3.8) is 0 Å². The summed E-state index contributed by atoms with van der Waals surface area (Å²) in [5.41, 5.74) is 3.57. The van der Waals surface area contributed by atoms with E-state index in [1.54, 1.807) is 25.6 Å². The molecule has 2 rings (SSSR count). The van der Waals surface area contributed by atoms with Gasteiger partial charge in [-0.15, -0.1) is 11.8 Å². The van der Waals surface area contributed by atoms with Gasteiger partial charge in [0, 0.05) is 17.0 Å². The molecule has 1 heterocycles. The Labute approximate surface area is 140 Å². The van der Waals surface area contributed by atoms with Gasteiger partial charge in [0.2, 0.25) is 0 Å². The van der Waals surface area contributed by atoms with E-state index in [4.69, 9.17) is 4.74 Å². The highest BCUT2D eigenvalue weighted by atomic mass is 32.2. The van der Waals surface area contributed by atoms with Crippen LogP contribution in [0.25, 0.3) is 0 Å². The smallest absolute Gasteiger partial charge is 0.355 e. The van der Waals surface area contributed by atoms with Crippen molar-refractivity contribution in [3.05, 3.63) is 58.4 Å². The molecular weight excluding hydrogens is 310 g/mol. The SMILES string of the molecule is CCOC(=O)c1[nH]c(C)c(C(=O)CSCc2ccccc2)c1C. The van der Waals surface area contributed by atoms with Crippen molar-refractivity contribution in [2.75, 3.05) is 12.4 Å². The molecule has 0 saturated carbocycles. The summed E-state index contributed by atoms with van der Waals surface area (Å²) in [6, 6.07) is 10.0. The van der Waals surface area contributed by atoms with Gasteiger partial charge in [-0.1, -0.05) is 30.3 Å². The minimum absolute atomic E-state index is 0.0349. The fourth-order valence-electron chi connectivity index (χ4n) is 2.48. The first-order valence-electron chi connectivity index (χ1n) is 7.55. The number of aromatic nitrogens is 1. The zero-order valence-electron chi connectivity index (χ0n) is 13.6. The van der Waals surface area contributed by atoms with Gasteiger partial charge in [0.25, 0.3) is 0 Å². The van der Waals surface area contributed by atoms with Gasteiger partial charge in [-0.2, -0.15) is 0 Å². The predicted octanol–water partition coefficient (Wildman–Crippen LogP) is 3.92. The van der Waals surface area contributed by atoms with Gasteiger partial charge in [0.05, 0.1) is 12.4 Å². The molecule has 2 aromatic rings. The second kappa shape index (κ2) is 8.02. The van der Waals surface area contributed by atoms with E-state index in [0.29, 0.717) is 29.2 Å². The average molecular weight is 331 g/mol. The minimum atomic E-state index is -0.413. The van der Waals surface area contributed by atoms with E-state index in [2.05, 4.69) is 4.98 Å². The molecule has 0 bridgehead atoms. The van der Waals surface area contributed by atoms with Crippen LogP contribution in [0, 0.1) is 13.8 Å². The standard InChI is InChI=1S/C18H21NO3S/c1-4-22-18(21)17-12(2)16(13(3)19-17)15(20)11-23-10-14-8-6-5-7-9-14/h5-9,19H,4,10-11H2,1-3H3. The molecular formula is C18H21NO3S. The number of H-pyrrole nitrogens is 1. The summed E-state index contributed by atoms with van der Waals surface area (Å²) in [5.74, 6) is 0.799. The van der Waals surface area contributed by atoms with Crippen molar-refractivity contribution < 1.29 is 14.3 Å². The molecule has 4 nitrogen and oxygen atoms in total. The van der Waals surface area contributed by atoms with E-state index >= 15 is 0 Å². The highest BCUT2D eigenvalue weighted by molar-refractivity contribution is 7.99. The molecule has 0 atom stereocenters. The monoisotopic (exact) mass is 331 g/mol. The maximum absolute atomic E-state index is 12.5. The van der Waals surface area contributed by atoms with Gasteiger partial charge in [-0.25, -0.2) is 4.79 Å². The van der Waals surface area contributed by atoms with Crippen LogP contribution in [0.3, 0.4) is 0 Å². The number of carbonyl (C=O) groups is 2. The van der Waals surface area contributed by atoms with E-state index in [1.807, 2.05) is 37.3 Å². The van der Waals surface area contributed by atoms with E-state index in [1.165, 1.54) is 5.56 Å². The Morgan fingerprint density at radius 2 is 1.87 bits per heavy atom. The number of benzene rings is 1. The molecule has 122 valence electrons. The van der Waals surface area contributed by atoms with Crippen LogP contribution in [-0.2, 0) is 10.5 Å². The van der Waals surface area contributed by atoms with Crippen LogP contribution < -0.4 is 0 Å². The number of aryl methyl sites for hydroxylation is 1. The highest BCUT2D eigenvalue weighted by Gasteiger charge is 2.22. The summed E-state index contributed by atoms with van der Waals surface area (Å²) in [6.45, 7) is 5.66. The normalized spacial score (nSPS) is 10.6. The quantitative estimate of drug-likeness (QED) is 0.617. The number of rotatable bonds is 7. The van der Waals surface area contributed by atoms with Crippen LogP contribution in [0.2, 0.25) is 0 Å². The van der Waals surface area contributed by atoms with E-state index in [0.717, 1.165) is 11.4 Å². The molecule has 0 saturated heterocycles. The van der Waals surface area contributed by atoms with Crippen molar-refractivity contribution in [3.8, 4) is 0 Å². The molecule has 0 aliphatic heterocycles. The van der Waals surface area contributed by atoms with Crippen LogP contribution in [0.5, 0.6) is 0 Å². The Hall–Kier alpha value is -2.01. The van der Waals surface area contributed by atoms with Gasteiger partial charge in [0.1, 0.15) is 5.69 Å². The number of carbonyl (C=O) groups excluding carboxylic acids is 2.